The van der Waals surface area contributed by atoms with E-state index in [-0.39, 0.29) is 5.56 Å². The Kier molecular flexibility index (Phi) is 3.24. The van der Waals surface area contributed by atoms with Gasteiger partial charge in [-0.1, -0.05) is 34.1 Å². The molecule has 0 aromatic heterocycles. The molecule has 0 aliphatic rings. The van der Waals surface area contributed by atoms with E-state index in [1.807, 2.05) is 24.3 Å². The second-order valence-corrected chi connectivity index (χ2v) is 4.42. The van der Waals surface area contributed by atoms with Gasteiger partial charge in [0.25, 0.3) is 0 Å². The van der Waals surface area contributed by atoms with Crippen LogP contribution in [0.4, 0.5) is 4.39 Å². The van der Waals surface area contributed by atoms with Crippen LogP contribution in [0.15, 0.2) is 46.9 Å². The largest absolute Gasteiger partial charge is 0.478 e. The second-order valence-electron chi connectivity index (χ2n) is 3.51. The highest BCUT2D eigenvalue weighted by Crippen LogP contribution is 2.23. The van der Waals surface area contributed by atoms with Gasteiger partial charge in [-0.2, -0.15) is 0 Å². The number of carbonyl (C=O) groups is 1. The Morgan fingerprint density at radius 2 is 1.65 bits per heavy atom. The zero-order chi connectivity index (χ0) is 12.4. The Hall–Kier alpha value is -1.68. The quantitative estimate of drug-likeness (QED) is 0.910. The van der Waals surface area contributed by atoms with E-state index in [1.54, 1.807) is 6.07 Å². The van der Waals surface area contributed by atoms with Gasteiger partial charge in [0.05, 0.1) is 5.56 Å². The molecule has 0 radical (unpaired) electrons. The highest BCUT2D eigenvalue weighted by molar-refractivity contribution is 9.10. The fraction of sp³-hybridized carbons (Fsp3) is 0. The molecule has 0 saturated carbocycles. The molecular weight excluding hydrogens is 287 g/mol. The number of benzene rings is 2. The third-order valence-corrected chi connectivity index (χ3v) is 2.91. The van der Waals surface area contributed by atoms with Crippen molar-refractivity contribution in [2.45, 2.75) is 0 Å². The summed E-state index contributed by atoms with van der Waals surface area (Å²) in [4.78, 5) is 10.7. The molecule has 1 N–H and O–H groups in total. The van der Waals surface area contributed by atoms with Crippen LogP contribution in [0.5, 0.6) is 0 Å². The maximum atomic E-state index is 13.5. The van der Waals surface area contributed by atoms with E-state index in [0.29, 0.717) is 5.56 Å². The molecule has 4 heteroatoms. The Balaban J connectivity index is 2.44. The van der Waals surface area contributed by atoms with Crippen molar-refractivity contribution in [3.63, 3.8) is 0 Å². The molecule has 0 unspecified atom stereocenters. The van der Waals surface area contributed by atoms with Crippen LogP contribution in [0, 0.1) is 5.82 Å². The fourth-order valence-electron chi connectivity index (χ4n) is 1.51. The van der Waals surface area contributed by atoms with Crippen LogP contribution < -0.4 is 0 Å². The molecule has 2 aromatic rings. The fourth-order valence-corrected chi connectivity index (χ4v) is 1.77. The summed E-state index contributed by atoms with van der Waals surface area (Å²) in [5, 5.41) is 8.72. The summed E-state index contributed by atoms with van der Waals surface area (Å²) < 4.78 is 14.4. The van der Waals surface area contributed by atoms with E-state index < -0.39 is 11.8 Å². The number of aromatic carboxylic acids is 1. The Morgan fingerprint density at radius 1 is 1.06 bits per heavy atom. The molecule has 86 valence electrons. The molecule has 0 heterocycles. The molecule has 0 saturated heterocycles. The summed E-state index contributed by atoms with van der Waals surface area (Å²) in [6, 6.07) is 11.5. The highest BCUT2D eigenvalue weighted by atomic mass is 79.9. The third-order valence-electron chi connectivity index (χ3n) is 2.38. The molecule has 2 aromatic carbocycles. The topological polar surface area (TPSA) is 37.3 Å². The van der Waals surface area contributed by atoms with Crippen LogP contribution in [-0.4, -0.2) is 11.1 Å². The number of rotatable bonds is 2. The average molecular weight is 295 g/mol. The van der Waals surface area contributed by atoms with Gasteiger partial charge in [-0.15, -0.1) is 0 Å². The Labute approximate surface area is 106 Å². The third kappa shape index (κ3) is 2.53. The summed E-state index contributed by atoms with van der Waals surface area (Å²) in [5.74, 6) is -1.98. The molecule has 0 spiro atoms. The second kappa shape index (κ2) is 4.67. The van der Waals surface area contributed by atoms with Crippen molar-refractivity contribution in [1.29, 1.82) is 0 Å². The van der Waals surface area contributed by atoms with Gasteiger partial charge in [0, 0.05) is 4.47 Å². The highest BCUT2D eigenvalue weighted by Gasteiger charge is 2.10. The molecular formula is C13H8BrFO2. The van der Waals surface area contributed by atoms with Crippen molar-refractivity contribution in [2.24, 2.45) is 0 Å². The lowest BCUT2D eigenvalue weighted by atomic mass is 10.0. The SMILES string of the molecule is O=C(O)c1ccc(-c2ccc(Br)cc2)cc1F. The summed E-state index contributed by atoms with van der Waals surface area (Å²) in [7, 11) is 0. The number of hydrogen-bond acceptors (Lipinski definition) is 1. The van der Waals surface area contributed by atoms with Crippen LogP contribution >= 0.6 is 15.9 Å². The first-order valence-corrected chi connectivity index (χ1v) is 5.66. The summed E-state index contributed by atoms with van der Waals surface area (Å²) in [5.41, 5.74) is 1.18. The van der Waals surface area contributed by atoms with Gasteiger partial charge >= 0.3 is 5.97 Å². The maximum absolute atomic E-state index is 13.5. The van der Waals surface area contributed by atoms with Crippen LogP contribution in [0.3, 0.4) is 0 Å². The van der Waals surface area contributed by atoms with Gasteiger partial charge < -0.3 is 5.11 Å². The minimum Gasteiger partial charge on any atom is -0.478 e. The van der Waals surface area contributed by atoms with E-state index in [4.69, 9.17) is 5.11 Å². The molecule has 0 aliphatic heterocycles. The van der Waals surface area contributed by atoms with Gasteiger partial charge in [0.1, 0.15) is 5.82 Å². The van der Waals surface area contributed by atoms with Gasteiger partial charge in [-0.25, -0.2) is 9.18 Å². The molecule has 0 amide bonds. The number of halogens is 2. The normalized spacial score (nSPS) is 10.2. The zero-order valence-corrected chi connectivity index (χ0v) is 10.2. The molecule has 0 aliphatic carbocycles. The van der Waals surface area contributed by atoms with E-state index in [0.717, 1.165) is 10.0 Å². The number of carboxylic acid groups (broad SMARTS) is 1. The lowest BCUT2D eigenvalue weighted by molar-refractivity contribution is 0.0692. The Bertz CT molecular complexity index is 564. The molecule has 2 rings (SSSR count). The van der Waals surface area contributed by atoms with Crippen LogP contribution in [0.1, 0.15) is 10.4 Å². The van der Waals surface area contributed by atoms with E-state index in [2.05, 4.69) is 15.9 Å². The minimum atomic E-state index is -1.26. The molecule has 0 atom stereocenters. The van der Waals surface area contributed by atoms with E-state index >= 15 is 0 Å². The van der Waals surface area contributed by atoms with Crippen LogP contribution in [0.2, 0.25) is 0 Å². The van der Waals surface area contributed by atoms with Gasteiger partial charge in [0.15, 0.2) is 0 Å². The number of carboxylic acids is 1. The van der Waals surface area contributed by atoms with E-state index in [9.17, 15) is 9.18 Å². The maximum Gasteiger partial charge on any atom is 0.338 e. The minimum absolute atomic E-state index is 0.314. The summed E-state index contributed by atoms with van der Waals surface area (Å²) in [6.45, 7) is 0. The van der Waals surface area contributed by atoms with Gasteiger partial charge in [-0.05, 0) is 35.4 Å². The molecule has 17 heavy (non-hydrogen) atoms. The summed E-state index contributed by atoms with van der Waals surface area (Å²) >= 11 is 3.31. The van der Waals surface area contributed by atoms with E-state index in [1.165, 1.54) is 12.1 Å². The van der Waals surface area contributed by atoms with Crippen molar-refractivity contribution >= 4 is 21.9 Å². The van der Waals surface area contributed by atoms with Crippen LogP contribution in [0.25, 0.3) is 11.1 Å². The summed E-state index contributed by atoms with van der Waals surface area (Å²) in [6.07, 6.45) is 0. The Morgan fingerprint density at radius 3 is 2.18 bits per heavy atom. The molecule has 0 bridgehead atoms. The first-order chi connectivity index (χ1) is 8.08. The van der Waals surface area contributed by atoms with Crippen molar-refractivity contribution in [3.05, 3.63) is 58.3 Å². The monoisotopic (exact) mass is 294 g/mol. The standard InChI is InChI=1S/C13H8BrFO2/c14-10-4-1-8(2-5-10)9-3-6-11(13(16)17)12(15)7-9/h1-7H,(H,16,17). The van der Waals surface area contributed by atoms with Crippen molar-refractivity contribution in [3.8, 4) is 11.1 Å². The predicted molar refractivity (Wildman–Crippen MR) is 66.5 cm³/mol. The zero-order valence-electron chi connectivity index (χ0n) is 8.65. The van der Waals surface area contributed by atoms with Crippen molar-refractivity contribution in [1.82, 2.24) is 0 Å². The van der Waals surface area contributed by atoms with Crippen LogP contribution in [-0.2, 0) is 0 Å². The lowest BCUT2D eigenvalue weighted by Crippen LogP contribution is -2.00. The van der Waals surface area contributed by atoms with Gasteiger partial charge in [0.2, 0.25) is 0 Å². The first kappa shape index (κ1) is 11.8. The average Bonchev–Trinajstić information content (AvgIpc) is 2.29. The van der Waals surface area contributed by atoms with Crippen molar-refractivity contribution < 1.29 is 14.3 Å². The molecule has 2 nitrogen and oxygen atoms in total. The van der Waals surface area contributed by atoms with Crippen molar-refractivity contribution in [2.75, 3.05) is 0 Å². The predicted octanol–water partition coefficient (Wildman–Crippen LogP) is 3.95. The lowest BCUT2D eigenvalue weighted by Gasteiger charge is -2.04. The molecule has 0 fully saturated rings. The first-order valence-electron chi connectivity index (χ1n) is 4.87. The van der Waals surface area contributed by atoms with Gasteiger partial charge in [-0.3, -0.25) is 0 Å². The smallest absolute Gasteiger partial charge is 0.338 e. The number of hydrogen-bond donors (Lipinski definition) is 1.